The fourth-order valence-electron chi connectivity index (χ4n) is 3.20. The van der Waals surface area contributed by atoms with Crippen molar-refractivity contribution in [2.75, 3.05) is 18.4 Å². The molecule has 0 saturated carbocycles. The van der Waals surface area contributed by atoms with Crippen LogP contribution in [0.5, 0.6) is 5.75 Å². The molecule has 0 atom stereocenters. The first-order valence-electron chi connectivity index (χ1n) is 9.46. The second-order valence-corrected chi connectivity index (χ2v) is 9.17. The molecule has 3 rings (SSSR count). The van der Waals surface area contributed by atoms with E-state index in [4.69, 9.17) is 4.74 Å². The van der Waals surface area contributed by atoms with Gasteiger partial charge in [0.2, 0.25) is 10.0 Å². The van der Waals surface area contributed by atoms with Crippen molar-refractivity contribution in [3.8, 4) is 5.75 Å². The van der Waals surface area contributed by atoms with Crippen molar-refractivity contribution in [3.05, 3.63) is 53.6 Å². The van der Waals surface area contributed by atoms with E-state index in [0.717, 1.165) is 12.8 Å². The zero-order chi connectivity index (χ0) is 20.3. The normalized spacial score (nSPS) is 15.0. The third-order valence-electron chi connectivity index (χ3n) is 4.62. The summed E-state index contributed by atoms with van der Waals surface area (Å²) in [7, 11) is -3.57. The van der Waals surface area contributed by atoms with Gasteiger partial charge in [0.15, 0.2) is 0 Å². The number of nitrogens with one attached hydrogen (secondary N) is 1. The minimum Gasteiger partial charge on any atom is -0.491 e. The number of benzene rings is 2. The Kier molecular flexibility index (Phi) is 6.05. The third-order valence-corrected chi connectivity index (χ3v) is 6.51. The molecule has 1 saturated heterocycles. The molecule has 1 aliphatic rings. The van der Waals surface area contributed by atoms with Gasteiger partial charge in [0.1, 0.15) is 5.75 Å². The van der Waals surface area contributed by atoms with Gasteiger partial charge >= 0.3 is 0 Å². The van der Waals surface area contributed by atoms with Gasteiger partial charge in [-0.05, 0) is 63.4 Å². The SMILES string of the molecule is Cc1ccc(S(=O)(=O)N2CCCC2)cc1C(=O)Nc1cccc(OC(C)C)c1. The summed E-state index contributed by atoms with van der Waals surface area (Å²) >= 11 is 0. The van der Waals surface area contributed by atoms with Gasteiger partial charge in [-0.3, -0.25) is 4.79 Å². The topological polar surface area (TPSA) is 75.7 Å². The molecule has 0 aliphatic carbocycles. The highest BCUT2D eigenvalue weighted by Crippen LogP contribution is 2.24. The monoisotopic (exact) mass is 402 g/mol. The van der Waals surface area contributed by atoms with Crippen molar-refractivity contribution in [1.29, 1.82) is 0 Å². The maximum absolute atomic E-state index is 12.8. The molecule has 0 bridgehead atoms. The molecule has 1 fully saturated rings. The van der Waals surface area contributed by atoms with Gasteiger partial charge in [0.25, 0.3) is 5.91 Å². The summed E-state index contributed by atoms with van der Waals surface area (Å²) in [6.07, 6.45) is 1.76. The number of nitrogens with zero attached hydrogens (tertiary/aromatic N) is 1. The Morgan fingerprint density at radius 1 is 1.11 bits per heavy atom. The molecule has 2 aromatic rings. The van der Waals surface area contributed by atoms with Gasteiger partial charge in [0, 0.05) is 30.4 Å². The van der Waals surface area contributed by atoms with E-state index in [2.05, 4.69) is 5.32 Å². The summed E-state index contributed by atoms with van der Waals surface area (Å²) < 4.78 is 32.7. The first-order valence-corrected chi connectivity index (χ1v) is 10.9. The highest BCUT2D eigenvalue weighted by molar-refractivity contribution is 7.89. The summed E-state index contributed by atoms with van der Waals surface area (Å²) in [5, 5.41) is 2.83. The van der Waals surface area contributed by atoms with Crippen molar-refractivity contribution in [1.82, 2.24) is 4.31 Å². The summed E-state index contributed by atoms with van der Waals surface area (Å²) in [4.78, 5) is 13.0. The number of aryl methyl sites for hydroxylation is 1. The number of sulfonamides is 1. The lowest BCUT2D eigenvalue weighted by molar-refractivity contribution is 0.102. The number of ether oxygens (including phenoxy) is 1. The second-order valence-electron chi connectivity index (χ2n) is 7.24. The molecule has 28 heavy (non-hydrogen) atoms. The molecule has 150 valence electrons. The van der Waals surface area contributed by atoms with Gasteiger partial charge in [-0.15, -0.1) is 0 Å². The molecular weight excluding hydrogens is 376 g/mol. The molecule has 6 nitrogen and oxygen atoms in total. The molecule has 2 aromatic carbocycles. The molecule has 1 N–H and O–H groups in total. The summed E-state index contributed by atoms with van der Waals surface area (Å²) in [5.41, 5.74) is 1.65. The quantitative estimate of drug-likeness (QED) is 0.797. The van der Waals surface area contributed by atoms with E-state index in [1.807, 2.05) is 19.9 Å². The second kappa shape index (κ2) is 8.32. The third kappa shape index (κ3) is 4.54. The number of hydrogen-bond acceptors (Lipinski definition) is 4. The van der Waals surface area contributed by atoms with Crippen molar-refractivity contribution >= 4 is 21.6 Å². The number of carbonyl (C=O) groups excluding carboxylic acids is 1. The highest BCUT2D eigenvalue weighted by atomic mass is 32.2. The summed E-state index contributed by atoms with van der Waals surface area (Å²) in [6, 6.07) is 11.8. The van der Waals surface area contributed by atoms with Crippen molar-refractivity contribution in [3.63, 3.8) is 0 Å². The molecule has 1 heterocycles. The van der Waals surface area contributed by atoms with Crippen LogP contribution in [0, 0.1) is 6.92 Å². The maximum Gasteiger partial charge on any atom is 0.255 e. The fourth-order valence-corrected chi connectivity index (χ4v) is 4.75. The molecule has 0 unspecified atom stereocenters. The Hall–Kier alpha value is -2.38. The number of rotatable bonds is 6. The smallest absolute Gasteiger partial charge is 0.255 e. The van der Waals surface area contributed by atoms with Gasteiger partial charge < -0.3 is 10.1 Å². The molecule has 0 spiro atoms. The van der Waals surface area contributed by atoms with Crippen LogP contribution in [0.15, 0.2) is 47.4 Å². The van der Waals surface area contributed by atoms with Crippen LogP contribution in [-0.4, -0.2) is 37.8 Å². The van der Waals surface area contributed by atoms with E-state index in [1.54, 1.807) is 37.3 Å². The number of anilines is 1. The minimum atomic E-state index is -3.57. The molecule has 1 amide bonds. The standard InChI is InChI=1S/C21H26N2O4S/c1-15(2)27-18-8-6-7-17(13-18)22-21(24)20-14-19(10-9-16(20)3)28(25,26)23-11-4-5-12-23/h6-10,13-15H,4-5,11-12H2,1-3H3,(H,22,24). The van der Waals surface area contributed by atoms with Crippen LogP contribution >= 0.6 is 0 Å². The van der Waals surface area contributed by atoms with Crippen LogP contribution in [0.4, 0.5) is 5.69 Å². The van der Waals surface area contributed by atoms with Crippen molar-refractivity contribution < 1.29 is 17.9 Å². The Bertz CT molecular complexity index is 964. The maximum atomic E-state index is 12.8. The van der Waals surface area contributed by atoms with Gasteiger partial charge in [-0.1, -0.05) is 12.1 Å². The minimum absolute atomic E-state index is 0.0284. The summed E-state index contributed by atoms with van der Waals surface area (Å²) in [5.74, 6) is 0.313. The van der Waals surface area contributed by atoms with Crippen LogP contribution in [0.25, 0.3) is 0 Å². The van der Waals surface area contributed by atoms with E-state index < -0.39 is 10.0 Å². The lowest BCUT2D eigenvalue weighted by Gasteiger charge is -2.17. The number of carbonyl (C=O) groups is 1. The Labute approximate surface area is 166 Å². The van der Waals surface area contributed by atoms with Crippen LogP contribution in [0.3, 0.4) is 0 Å². The summed E-state index contributed by atoms with van der Waals surface area (Å²) in [6.45, 7) is 6.71. The molecular formula is C21H26N2O4S. The van der Waals surface area contributed by atoms with Crippen LogP contribution in [0.2, 0.25) is 0 Å². The first kappa shape index (κ1) is 20.4. The van der Waals surface area contributed by atoms with E-state index in [9.17, 15) is 13.2 Å². The Morgan fingerprint density at radius 3 is 2.50 bits per heavy atom. The lowest BCUT2D eigenvalue weighted by Crippen LogP contribution is -2.28. The van der Waals surface area contributed by atoms with E-state index >= 15 is 0 Å². The predicted molar refractivity (Wildman–Crippen MR) is 109 cm³/mol. The Balaban J connectivity index is 1.84. The van der Waals surface area contributed by atoms with E-state index in [0.29, 0.717) is 35.7 Å². The lowest BCUT2D eigenvalue weighted by atomic mass is 10.1. The first-order chi connectivity index (χ1) is 13.3. The number of amides is 1. The van der Waals surface area contributed by atoms with Crippen LogP contribution in [0.1, 0.15) is 42.6 Å². The van der Waals surface area contributed by atoms with Crippen LogP contribution in [-0.2, 0) is 10.0 Å². The van der Waals surface area contributed by atoms with E-state index in [-0.39, 0.29) is 16.9 Å². The van der Waals surface area contributed by atoms with Gasteiger partial charge in [-0.2, -0.15) is 4.31 Å². The Morgan fingerprint density at radius 2 is 1.82 bits per heavy atom. The van der Waals surface area contributed by atoms with Crippen molar-refractivity contribution in [2.24, 2.45) is 0 Å². The number of hydrogen-bond donors (Lipinski definition) is 1. The average Bonchev–Trinajstić information content (AvgIpc) is 3.17. The molecule has 0 radical (unpaired) electrons. The average molecular weight is 403 g/mol. The molecule has 7 heteroatoms. The molecule has 1 aliphatic heterocycles. The fraction of sp³-hybridized carbons (Fsp3) is 0.381. The zero-order valence-corrected chi connectivity index (χ0v) is 17.3. The largest absolute Gasteiger partial charge is 0.491 e. The van der Waals surface area contributed by atoms with Gasteiger partial charge in [0.05, 0.1) is 11.0 Å². The van der Waals surface area contributed by atoms with Crippen LogP contribution < -0.4 is 10.1 Å². The predicted octanol–water partition coefficient (Wildman–Crippen LogP) is 3.82. The van der Waals surface area contributed by atoms with Crippen molar-refractivity contribution in [2.45, 2.75) is 44.6 Å². The van der Waals surface area contributed by atoms with Gasteiger partial charge in [-0.25, -0.2) is 8.42 Å². The molecule has 0 aromatic heterocycles. The zero-order valence-electron chi connectivity index (χ0n) is 16.4. The van der Waals surface area contributed by atoms with E-state index in [1.165, 1.54) is 10.4 Å². The highest BCUT2D eigenvalue weighted by Gasteiger charge is 2.28.